The van der Waals surface area contributed by atoms with Gasteiger partial charge in [0.15, 0.2) is 0 Å². The Hall–Kier alpha value is -3.81. The maximum atomic E-state index is 13.1. The third kappa shape index (κ3) is 6.75. The average Bonchev–Trinajstić information content (AvgIpc) is 3.42. The van der Waals surface area contributed by atoms with E-state index in [4.69, 9.17) is 31.0 Å². The predicted molar refractivity (Wildman–Crippen MR) is 176 cm³/mol. The molecule has 11 heteroatoms. The van der Waals surface area contributed by atoms with Crippen LogP contribution in [0.3, 0.4) is 0 Å². The van der Waals surface area contributed by atoms with Crippen molar-refractivity contribution in [3.63, 3.8) is 0 Å². The number of likely N-dealkylation sites (tertiary alicyclic amines) is 1. The molecule has 238 valence electrons. The number of ether oxygens (including phenoxy) is 2. The third-order valence-electron chi connectivity index (χ3n) is 9.01. The first-order chi connectivity index (χ1) is 21.6. The molecule has 2 saturated heterocycles. The summed E-state index contributed by atoms with van der Waals surface area (Å²) in [7, 11) is 2.13. The second-order valence-corrected chi connectivity index (χ2v) is 13.7. The Morgan fingerprint density at radius 3 is 2.60 bits per heavy atom. The minimum absolute atomic E-state index is 0.204. The Balaban J connectivity index is 1.32. The molecule has 1 amide bonds. The normalized spacial score (nSPS) is 20.7. The smallest absolute Gasteiger partial charge is 0.410 e. The number of hydrogen-bond acceptors (Lipinski definition) is 9. The van der Waals surface area contributed by atoms with Crippen LogP contribution in [0.5, 0.6) is 6.01 Å². The van der Waals surface area contributed by atoms with E-state index in [1.165, 1.54) is 0 Å². The van der Waals surface area contributed by atoms with Gasteiger partial charge in [-0.1, -0.05) is 35.9 Å². The number of likely N-dealkylation sites (N-methyl/N-ethyl adjacent to an activating group) is 1. The minimum Gasteiger partial charge on any atom is -0.462 e. The monoisotopic (exact) mass is 631 g/mol. The molecule has 0 saturated carbocycles. The average molecular weight is 632 g/mol. The van der Waals surface area contributed by atoms with Crippen molar-refractivity contribution < 1.29 is 14.3 Å². The Morgan fingerprint density at radius 2 is 1.87 bits per heavy atom. The van der Waals surface area contributed by atoms with Crippen LogP contribution < -0.4 is 14.5 Å². The van der Waals surface area contributed by atoms with E-state index >= 15 is 0 Å². The predicted octanol–water partition coefficient (Wildman–Crippen LogP) is 5.66. The fourth-order valence-electron chi connectivity index (χ4n) is 6.71. The zero-order chi connectivity index (χ0) is 31.7. The van der Waals surface area contributed by atoms with Crippen LogP contribution in [0.1, 0.15) is 51.3 Å². The summed E-state index contributed by atoms with van der Waals surface area (Å²) in [6.45, 7) is 10.0. The summed E-state index contributed by atoms with van der Waals surface area (Å²) in [5, 5.41) is 12.5. The molecule has 0 unspecified atom stereocenters. The molecule has 0 bridgehead atoms. The van der Waals surface area contributed by atoms with E-state index < -0.39 is 5.60 Å². The Kier molecular flexibility index (Phi) is 8.94. The van der Waals surface area contributed by atoms with Crippen LogP contribution in [0.25, 0.3) is 10.8 Å². The first kappa shape index (κ1) is 31.2. The quantitative estimate of drug-likeness (QED) is 0.341. The maximum Gasteiger partial charge on any atom is 0.410 e. The Labute approximate surface area is 270 Å². The van der Waals surface area contributed by atoms with E-state index in [1.807, 2.05) is 32.9 Å². The van der Waals surface area contributed by atoms with E-state index in [1.54, 1.807) is 4.90 Å². The minimum atomic E-state index is -0.614. The van der Waals surface area contributed by atoms with E-state index in [9.17, 15) is 10.1 Å². The van der Waals surface area contributed by atoms with Crippen LogP contribution in [0.2, 0.25) is 5.02 Å². The number of halogens is 1. The number of carbonyl (C=O) groups excluding carboxylic acids is 1. The molecule has 4 heterocycles. The van der Waals surface area contributed by atoms with Gasteiger partial charge in [-0.25, -0.2) is 4.79 Å². The van der Waals surface area contributed by atoms with Gasteiger partial charge >= 0.3 is 12.1 Å². The lowest BCUT2D eigenvalue weighted by Gasteiger charge is -2.42. The lowest BCUT2D eigenvalue weighted by atomic mass is 10.0. The number of rotatable bonds is 6. The van der Waals surface area contributed by atoms with Gasteiger partial charge in [-0.05, 0) is 71.1 Å². The highest BCUT2D eigenvalue weighted by molar-refractivity contribution is 6.36. The van der Waals surface area contributed by atoms with Crippen LogP contribution in [-0.2, 0) is 17.7 Å². The number of anilines is 2. The number of fused-ring (bicyclic) bond motifs is 2. The highest BCUT2D eigenvalue weighted by Crippen LogP contribution is 2.37. The van der Waals surface area contributed by atoms with Crippen molar-refractivity contribution in [2.24, 2.45) is 0 Å². The summed E-state index contributed by atoms with van der Waals surface area (Å²) in [5.41, 5.74) is 2.48. The summed E-state index contributed by atoms with van der Waals surface area (Å²) >= 11 is 6.71. The molecule has 0 radical (unpaired) electrons. The van der Waals surface area contributed by atoms with Crippen molar-refractivity contribution in [3.8, 4) is 12.1 Å². The van der Waals surface area contributed by atoms with Crippen molar-refractivity contribution in [1.29, 1.82) is 5.26 Å². The topological polar surface area (TPSA) is 98.1 Å². The summed E-state index contributed by atoms with van der Waals surface area (Å²) in [4.78, 5) is 31.6. The zero-order valence-electron chi connectivity index (χ0n) is 26.6. The highest BCUT2D eigenvalue weighted by atomic mass is 35.5. The molecule has 3 aliphatic heterocycles. The van der Waals surface area contributed by atoms with Crippen molar-refractivity contribution in [2.75, 3.05) is 56.2 Å². The van der Waals surface area contributed by atoms with E-state index in [2.05, 4.69) is 52.1 Å². The van der Waals surface area contributed by atoms with Gasteiger partial charge < -0.3 is 29.1 Å². The van der Waals surface area contributed by atoms with Gasteiger partial charge in [0.05, 0.1) is 35.8 Å². The molecule has 2 atom stereocenters. The first-order valence-electron chi connectivity index (χ1n) is 15.9. The lowest BCUT2D eigenvalue weighted by Crippen LogP contribution is -2.56. The Bertz CT molecular complexity index is 1600. The van der Waals surface area contributed by atoms with E-state index in [0.29, 0.717) is 44.8 Å². The number of benzene rings is 2. The van der Waals surface area contributed by atoms with Gasteiger partial charge in [0.2, 0.25) is 0 Å². The van der Waals surface area contributed by atoms with Gasteiger partial charge in [0.25, 0.3) is 0 Å². The second-order valence-electron chi connectivity index (χ2n) is 13.3. The van der Waals surface area contributed by atoms with Gasteiger partial charge in [-0.3, -0.25) is 0 Å². The molecule has 45 heavy (non-hydrogen) atoms. The molecule has 0 spiro atoms. The summed E-state index contributed by atoms with van der Waals surface area (Å²) < 4.78 is 12.0. The largest absolute Gasteiger partial charge is 0.462 e. The number of carbonyl (C=O) groups is 1. The van der Waals surface area contributed by atoms with Crippen molar-refractivity contribution in [2.45, 2.75) is 70.7 Å². The molecule has 0 N–H and O–H groups in total. The van der Waals surface area contributed by atoms with E-state index in [-0.39, 0.29) is 18.6 Å². The zero-order valence-corrected chi connectivity index (χ0v) is 27.4. The van der Waals surface area contributed by atoms with Gasteiger partial charge in [-0.15, -0.1) is 0 Å². The van der Waals surface area contributed by atoms with Crippen molar-refractivity contribution in [1.82, 2.24) is 19.8 Å². The molecule has 3 aromatic rings. The van der Waals surface area contributed by atoms with Crippen LogP contribution in [0, 0.1) is 11.3 Å². The van der Waals surface area contributed by atoms with Gasteiger partial charge in [0, 0.05) is 48.9 Å². The fourth-order valence-corrected chi connectivity index (χ4v) is 6.99. The highest BCUT2D eigenvalue weighted by Gasteiger charge is 2.36. The number of nitriles is 1. The van der Waals surface area contributed by atoms with Crippen molar-refractivity contribution in [3.05, 3.63) is 52.7 Å². The van der Waals surface area contributed by atoms with Gasteiger partial charge in [-0.2, -0.15) is 15.2 Å². The third-order valence-corrected chi connectivity index (χ3v) is 9.32. The molecular formula is C34H42ClN7O3. The van der Waals surface area contributed by atoms with Crippen molar-refractivity contribution >= 4 is 40.0 Å². The molecule has 6 rings (SSSR count). The lowest BCUT2D eigenvalue weighted by molar-refractivity contribution is 0.0144. The first-order valence-corrected chi connectivity index (χ1v) is 16.3. The number of amides is 1. The number of hydrogen-bond donors (Lipinski definition) is 0. The summed E-state index contributed by atoms with van der Waals surface area (Å²) in [6.07, 6.45) is 2.81. The van der Waals surface area contributed by atoms with Crippen LogP contribution >= 0.6 is 11.6 Å². The molecule has 3 aliphatic rings. The standard InChI is InChI=1S/C34H42ClN7O3/c1-34(2,3)45-33(43)42-19-18-41(20-24(42)13-15-36)31-26-14-17-40(29-12-6-9-23-8-5-11-27(35)30(23)29)21-28(26)37-32(38-31)44-22-25-10-7-16-39(25)4/h5-6,8-9,11-12,24-25H,7,10,13-14,16-22H2,1-4H3/t24-,25+/m0/s1. The summed E-state index contributed by atoms with van der Waals surface area (Å²) in [6, 6.07) is 14.9. The number of nitrogens with zero attached hydrogens (tertiary/aromatic N) is 7. The van der Waals surface area contributed by atoms with E-state index in [0.717, 1.165) is 70.9 Å². The SMILES string of the molecule is CN1CCC[C@@H]1COc1nc2c(c(N3CCN(C(=O)OC(C)(C)C)[C@@H](CC#N)C3)n1)CCN(c1cccc3cccc(Cl)c13)C2. The number of piperazine rings is 1. The molecule has 2 fully saturated rings. The second kappa shape index (κ2) is 12.9. The Morgan fingerprint density at radius 1 is 1.07 bits per heavy atom. The maximum absolute atomic E-state index is 13.1. The fraction of sp³-hybridized carbons (Fsp3) is 0.529. The van der Waals surface area contributed by atoms with Gasteiger partial charge in [0.1, 0.15) is 18.0 Å². The molecule has 2 aromatic carbocycles. The molecule has 10 nitrogen and oxygen atoms in total. The number of aromatic nitrogens is 2. The molecular weight excluding hydrogens is 590 g/mol. The molecule has 1 aromatic heterocycles. The summed E-state index contributed by atoms with van der Waals surface area (Å²) in [5.74, 6) is 0.831. The van der Waals surface area contributed by atoms with Crippen LogP contribution in [0.4, 0.5) is 16.3 Å². The van der Waals surface area contributed by atoms with Crippen LogP contribution in [-0.4, -0.2) is 89.9 Å². The van der Waals surface area contributed by atoms with Crippen LogP contribution in [0.15, 0.2) is 36.4 Å². The molecule has 0 aliphatic carbocycles.